The number of phenols is 1. The van der Waals surface area contributed by atoms with Crippen molar-refractivity contribution in [3.05, 3.63) is 58.6 Å². The molecule has 156 valence electrons. The van der Waals surface area contributed by atoms with Gasteiger partial charge in [-0.05, 0) is 36.8 Å². The van der Waals surface area contributed by atoms with Gasteiger partial charge >= 0.3 is 0 Å². The Bertz CT molecular complexity index is 781. The van der Waals surface area contributed by atoms with E-state index in [-0.39, 0.29) is 18.3 Å². The first kappa shape index (κ1) is 22.9. The van der Waals surface area contributed by atoms with E-state index in [0.29, 0.717) is 12.1 Å². The molecular weight excluding hydrogens is 432 g/mol. The second-order valence-corrected chi connectivity index (χ2v) is 7.78. The van der Waals surface area contributed by atoms with E-state index >= 15 is 0 Å². The van der Waals surface area contributed by atoms with Crippen molar-refractivity contribution in [1.82, 2.24) is 0 Å². The van der Waals surface area contributed by atoms with Gasteiger partial charge in [-0.15, -0.1) is 0 Å². The quantitative estimate of drug-likeness (QED) is 0.243. The number of amides is 1. The number of phenolic OH excluding ortho intramolecular Hbond substituents is 1. The molecule has 0 aliphatic carbocycles. The third-order valence-electron chi connectivity index (χ3n) is 4.55. The van der Waals surface area contributed by atoms with Gasteiger partial charge < -0.3 is 14.8 Å². The first-order valence-corrected chi connectivity index (χ1v) is 10.9. The molecule has 0 saturated heterocycles. The topological polar surface area (TPSA) is 62.1 Å². The minimum absolute atomic E-state index is 0.0980. The fraction of sp³-hybridized carbons (Fsp3) is 0.391. The molecule has 0 unspecified atom stereocenters. The van der Waals surface area contributed by atoms with Crippen LogP contribution in [0.2, 0.25) is 0 Å². The predicted molar refractivity (Wildman–Crippen MR) is 122 cm³/mol. The number of halogens is 1. The fourth-order valence-electron chi connectivity index (χ4n) is 2.95. The Morgan fingerprint density at radius 2 is 1.83 bits per heavy atom. The predicted octanol–water partition coefficient (Wildman–Crippen LogP) is 5.90. The van der Waals surface area contributed by atoms with Crippen LogP contribution in [0.4, 0.5) is 5.69 Å². The van der Waals surface area contributed by atoms with E-state index < -0.39 is 0 Å². The maximum atomic E-state index is 12.7. The van der Waals surface area contributed by atoms with Gasteiger partial charge in [0.1, 0.15) is 5.75 Å². The maximum Gasteiger partial charge on any atom is 0.267 e. The number of aromatic hydroxyl groups is 1. The van der Waals surface area contributed by atoms with Crippen LogP contribution in [0.3, 0.4) is 0 Å². The Kier molecular flexibility index (Phi) is 10.3. The molecule has 0 bridgehead atoms. The number of benzene rings is 2. The van der Waals surface area contributed by atoms with Crippen molar-refractivity contribution in [2.45, 2.75) is 45.4 Å². The number of oxime groups is 1. The molecule has 0 aliphatic heterocycles. The lowest BCUT2D eigenvalue weighted by atomic mass is 10.1. The average Bonchev–Trinajstić information content (AvgIpc) is 2.73. The SMILES string of the molecule is CCCCCCCCN(C(=O)CO/N=C/c1cc(Br)ccc1O)c1ccccc1. The third-order valence-corrected chi connectivity index (χ3v) is 5.04. The molecule has 0 radical (unpaired) electrons. The molecule has 0 heterocycles. The zero-order valence-corrected chi connectivity index (χ0v) is 18.5. The third kappa shape index (κ3) is 8.28. The molecule has 0 aliphatic rings. The Morgan fingerprint density at radius 1 is 1.10 bits per heavy atom. The monoisotopic (exact) mass is 460 g/mol. The van der Waals surface area contributed by atoms with Gasteiger partial charge in [-0.25, -0.2) is 0 Å². The maximum absolute atomic E-state index is 12.7. The number of anilines is 1. The lowest BCUT2D eigenvalue weighted by Gasteiger charge is -2.22. The van der Waals surface area contributed by atoms with Crippen LogP contribution < -0.4 is 4.90 Å². The van der Waals surface area contributed by atoms with Crippen LogP contribution in [-0.4, -0.2) is 30.4 Å². The molecule has 2 aromatic rings. The van der Waals surface area contributed by atoms with Gasteiger partial charge in [0.2, 0.25) is 0 Å². The summed E-state index contributed by atoms with van der Waals surface area (Å²) < 4.78 is 0.821. The summed E-state index contributed by atoms with van der Waals surface area (Å²) in [6, 6.07) is 14.7. The number of hydrogen-bond acceptors (Lipinski definition) is 4. The van der Waals surface area contributed by atoms with Gasteiger partial charge in [0, 0.05) is 22.3 Å². The lowest BCUT2D eigenvalue weighted by Crippen LogP contribution is -2.34. The van der Waals surface area contributed by atoms with Gasteiger partial charge in [-0.3, -0.25) is 4.79 Å². The van der Waals surface area contributed by atoms with Gasteiger partial charge in [-0.1, -0.05) is 78.3 Å². The Hall–Kier alpha value is -2.34. The van der Waals surface area contributed by atoms with Crippen molar-refractivity contribution in [2.75, 3.05) is 18.1 Å². The van der Waals surface area contributed by atoms with Crippen LogP contribution in [0.1, 0.15) is 51.0 Å². The number of unbranched alkanes of at least 4 members (excludes halogenated alkanes) is 5. The average molecular weight is 461 g/mol. The van der Waals surface area contributed by atoms with E-state index in [1.54, 1.807) is 23.1 Å². The Morgan fingerprint density at radius 3 is 2.59 bits per heavy atom. The van der Waals surface area contributed by atoms with Crippen LogP contribution in [0, 0.1) is 0 Å². The molecule has 0 spiro atoms. The number of nitrogens with zero attached hydrogens (tertiary/aromatic N) is 2. The van der Waals surface area contributed by atoms with E-state index in [0.717, 1.165) is 23.0 Å². The Labute approximate surface area is 181 Å². The zero-order chi connectivity index (χ0) is 20.9. The molecule has 5 nitrogen and oxygen atoms in total. The van der Waals surface area contributed by atoms with E-state index in [2.05, 4.69) is 28.0 Å². The first-order valence-electron chi connectivity index (χ1n) is 10.1. The zero-order valence-electron chi connectivity index (χ0n) is 16.9. The molecule has 2 rings (SSSR count). The summed E-state index contributed by atoms with van der Waals surface area (Å²) in [5, 5.41) is 13.6. The molecule has 0 aromatic heterocycles. The fourth-order valence-corrected chi connectivity index (χ4v) is 3.33. The van der Waals surface area contributed by atoms with Crippen molar-refractivity contribution >= 4 is 33.7 Å². The number of para-hydroxylation sites is 1. The summed E-state index contributed by atoms with van der Waals surface area (Å²) in [5.74, 6) is -0.0405. The van der Waals surface area contributed by atoms with Crippen LogP contribution in [0.5, 0.6) is 5.75 Å². The minimum atomic E-state index is -0.157. The molecule has 0 saturated carbocycles. The summed E-state index contributed by atoms with van der Waals surface area (Å²) in [6.45, 7) is 2.71. The summed E-state index contributed by atoms with van der Waals surface area (Å²) in [7, 11) is 0. The molecule has 29 heavy (non-hydrogen) atoms. The van der Waals surface area contributed by atoms with Gasteiger partial charge in [0.05, 0.1) is 6.21 Å². The molecule has 6 heteroatoms. The summed E-state index contributed by atoms with van der Waals surface area (Å²) in [5.41, 5.74) is 1.38. The number of carbonyl (C=O) groups excluding carboxylic acids is 1. The minimum Gasteiger partial charge on any atom is -0.507 e. The van der Waals surface area contributed by atoms with Crippen LogP contribution in [-0.2, 0) is 9.63 Å². The van der Waals surface area contributed by atoms with Crippen LogP contribution in [0.15, 0.2) is 58.2 Å². The largest absolute Gasteiger partial charge is 0.507 e. The molecular formula is C23H29BrN2O3. The van der Waals surface area contributed by atoms with Gasteiger partial charge in [-0.2, -0.15) is 0 Å². The Balaban J connectivity index is 1.89. The van der Waals surface area contributed by atoms with Crippen molar-refractivity contribution in [3.63, 3.8) is 0 Å². The highest BCUT2D eigenvalue weighted by atomic mass is 79.9. The molecule has 0 fully saturated rings. The van der Waals surface area contributed by atoms with Crippen LogP contribution >= 0.6 is 15.9 Å². The van der Waals surface area contributed by atoms with Gasteiger partial charge in [0.25, 0.3) is 5.91 Å². The summed E-state index contributed by atoms with van der Waals surface area (Å²) in [4.78, 5) is 19.7. The molecule has 1 amide bonds. The molecule has 1 N–H and O–H groups in total. The van der Waals surface area contributed by atoms with Gasteiger partial charge in [0.15, 0.2) is 6.61 Å². The van der Waals surface area contributed by atoms with E-state index in [1.165, 1.54) is 31.9 Å². The van der Waals surface area contributed by atoms with Crippen molar-refractivity contribution in [1.29, 1.82) is 0 Å². The highest BCUT2D eigenvalue weighted by molar-refractivity contribution is 9.10. The van der Waals surface area contributed by atoms with Crippen LogP contribution in [0.25, 0.3) is 0 Å². The van der Waals surface area contributed by atoms with Crippen molar-refractivity contribution in [2.24, 2.45) is 5.16 Å². The summed E-state index contributed by atoms with van der Waals surface area (Å²) >= 11 is 3.34. The van der Waals surface area contributed by atoms with Crippen molar-refractivity contribution < 1.29 is 14.7 Å². The van der Waals surface area contributed by atoms with E-state index in [1.807, 2.05) is 30.3 Å². The lowest BCUT2D eigenvalue weighted by molar-refractivity contribution is -0.123. The smallest absolute Gasteiger partial charge is 0.267 e. The second kappa shape index (κ2) is 13.0. The molecule has 2 aromatic carbocycles. The first-order chi connectivity index (χ1) is 14.1. The molecule has 0 atom stereocenters. The standard InChI is InChI=1S/C23H29BrN2O3/c1-2-3-4-5-6-10-15-26(21-11-8-7-9-12-21)23(28)18-29-25-17-19-16-20(24)13-14-22(19)27/h7-9,11-14,16-17,27H,2-6,10,15,18H2,1H3/b25-17+. The second-order valence-electron chi connectivity index (χ2n) is 6.86. The normalized spacial score (nSPS) is 11.0. The van der Waals surface area contributed by atoms with E-state index in [9.17, 15) is 9.90 Å². The highest BCUT2D eigenvalue weighted by Crippen LogP contribution is 2.20. The number of hydrogen-bond donors (Lipinski definition) is 1. The summed E-state index contributed by atoms with van der Waals surface area (Å²) in [6.07, 6.45) is 8.40. The van der Waals surface area contributed by atoms with E-state index in [4.69, 9.17) is 4.84 Å². The van der Waals surface area contributed by atoms with Crippen molar-refractivity contribution in [3.8, 4) is 5.75 Å². The number of rotatable bonds is 12. The highest BCUT2D eigenvalue weighted by Gasteiger charge is 2.15. The number of carbonyl (C=O) groups is 1.